The largest absolute Gasteiger partial charge is 0.489 e. The fraction of sp³-hybridized carbons (Fsp3) is 0.154. The van der Waals surface area contributed by atoms with Crippen molar-refractivity contribution in [1.29, 1.82) is 0 Å². The molecule has 2 rings (SSSR count). The van der Waals surface area contributed by atoms with Crippen LogP contribution < -0.4 is 4.74 Å². The molecule has 1 aromatic heterocycles. The van der Waals surface area contributed by atoms with Crippen LogP contribution in [0.2, 0.25) is 0 Å². The highest BCUT2D eigenvalue weighted by atomic mass is 16.5. The Bertz CT molecular complexity index is 426. The molecule has 2 nitrogen and oxygen atoms in total. The predicted molar refractivity (Wildman–Crippen MR) is 58.6 cm³/mol. The van der Waals surface area contributed by atoms with Crippen molar-refractivity contribution < 1.29 is 4.74 Å². The highest BCUT2D eigenvalue weighted by Gasteiger charge is 1.98. The molecule has 0 spiro atoms. The van der Waals surface area contributed by atoms with Crippen LogP contribution in [0.1, 0.15) is 11.3 Å². The molecule has 0 aliphatic rings. The molecule has 0 unspecified atom stereocenters. The number of pyridine rings is 1. The van der Waals surface area contributed by atoms with E-state index in [1.165, 1.54) is 0 Å². The summed E-state index contributed by atoms with van der Waals surface area (Å²) in [5.74, 6) is 0.858. The molecule has 75 valence electrons. The maximum atomic E-state index is 5.61. The summed E-state index contributed by atoms with van der Waals surface area (Å²) in [7, 11) is 0. The minimum atomic E-state index is 0.559. The van der Waals surface area contributed by atoms with Crippen LogP contribution in [-0.2, 0) is 6.61 Å². The Morgan fingerprint density at radius 1 is 1.27 bits per heavy atom. The van der Waals surface area contributed by atoms with Crippen LogP contribution in [0.4, 0.5) is 0 Å². The molecule has 1 heterocycles. The molecule has 2 heteroatoms. The third-order valence-electron chi connectivity index (χ3n) is 2.20. The third-order valence-corrected chi connectivity index (χ3v) is 2.20. The summed E-state index contributed by atoms with van der Waals surface area (Å²) >= 11 is 0. The smallest absolute Gasteiger partial charge is 0.119 e. The van der Waals surface area contributed by atoms with E-state index in [0.29, 0.717) is 6.61 Å². The fourth-order valence-corrected chi connectivity index (χ4v) is 1.30. The van der Waals surface area contributed by atoms with Gasteiger partial charge in [-0.05, 0) is 31.2 Å². The minimum Gasteiger partial charge on any atom is -0.489 e. The van der Waals surface area contributed by atoms with Gasteiger partial charge in [0.25, 0.3) is 0 Å². The maximum Gasteiger partial charge on any atom is 0.119 e. The Morgan fingerprint density at radius 2 is 2.07 bits per heavy atom. The Balaban J connectivity index is 2.03. The van der Waals surface area contributed by atoms with Crippen LogP contribution >= 0.6 is 0 Å². The van der Waals surface area contributed by atoms with Gasteiger partial charge in [0.15, 0.2) is 0 Å². The predicted octanol–water partition coefficient (Wildman–Crippen LogP) is 2.77. The zero-order valence-electron chi connectivity index (χ0n) is 8.60. The second-order valence-corrected chi connectivity index (χ2v) is 3.27. The number of benzene rings is 1. The SMILES string of the molecule is Cc1ncccc1COc1cc[c]cc1. The van der Waals surface area contributed by atoms with Crippen molar-refractivity contribution in [1.82, 2.24) is 4.98 Å². The first-order valence-corrected chi connectivity index (χ1v) is 4.85. The van der Waals surface area contributed by atoms with Crippen LogP contribution in [-0.4, -0.2) is 4.98 Å². The fourth-order valence-electron chi connectivity index (χ4n) is 1.30. The number of ether oxygens (including phenoxy) is 1. The van der Waals surface area contributed by atoms with Gasteiger partial charge in [-0.15, -0.1) is 0 Å². The summed E-state index contributed by atoms with van der Waals surface area (Å²) in [5.41, 5.74) is 2.13. The van der Waals surface area contributed by atoms with Gasteiger partial charge < -0.3 is 4.74 Å². The molecule has 15 heavy (non-hydrogen) atoms. The molecule has 1 aromatic carbocycles. The quantitative estimate of drug-likeness (QED) is 0.756. The normalized spacial score (nSPS) is 9.93. The molecule has 0 bridgehead atoms. The van der Waals surface area contributed by atoms with Crippen molar-refractivity contribution in [3.8, 4) is 5.75 Å². The van der Waals surface area contributed by atoms with E-state index in [-0.39, 0.29) is 0 Å². The number of nitrogens with zero attached hydrogens (tertiary/aromatic N) is 1. The van der Waals surface area contributed by atoms with Crippen LogP contribution in [0, 0.1) is 13.0 Å². The lowest BCUT2D eigenvalue weighted by atomic mass is 10.2. The second-order valence-electron chi connectivity index (χ2n) is 3.27. The molecule has 0 saturated heterocycles. The Labute approximate surface area is 89.6 Å². The molecule has 0 amide bonds. The first-order chi connectivity index (χ1) is 7.36. The van der Waals surface area contributed by atoms with Crippen molar-refractivity contribution in [3.05, 3.63) is 59.9 Å². The molecule has 0 fully saturated rings. The van der Waals surface area contributed by atoms with Crippen LogP contribution in [0.3, 0.4) is 0 Å². The van der Waals surface area contributed by atoms with Gasteiger partial charge in [-0.1, -0.05) is 18.2 Å². The van der Waals surface area contributed by atoms with Crippen molar-refractivity contribution in [2.75, 3.05) is 0 Å². The van der Waals surface area contributed by atoms with Gasteiger partial charge in [0.2, 0.25) is 0 Å². The molecule has 0 N–H and O–H groups in total. The molecule has 0 aliphatic heterocycles. The van der Waals surface area contributed by atoms with Crippen molar-refractivity contribution in [2.45, 2.75) is 13.5 Å². The summed E-state index contributed by atoms with van der Waals surface area (Å²) in [6.07, 6.45) is 1.79. The van der Waals surface area contributed by atoms with E-state index in [0.717, 1.165) is 17.0 Å². The van der Waals surface area contributed by atoms with E-state index in [9.17, 15) is 0 Å². The lowest BCUT2D eigenvalue weighted by Gasteiger charge is -2.07. The van der Waals surface area contributed by atoms with Gasteiger partial charge in [0.1, 0.15) is 12.4 Å². The molecule has 2 aromatic rings. The van der Waals surface area contributed by atoms with E-state index < -0.39 is 0 Å². The average molecular weight is 198 g/mol. The summed E-state index contributed by atoms with van der Waals surface area (Å²) in [4.78, 5) is 4.21. The highest BCUT2D eigenvalue weighted by Crippen LogP contribution is 2.12. The molecular formula is C13H12NO. The third kappa shape index (κ3) is 2.56. The lowest BCUT2D eigenvalue weighted by molar-refractivity contribution is 0.305. The van der Waals surface area contributed by atoms with Crippen LogP contribution in [0.5, 0.6) is 5.75 Å². The van der Waals surface area contributed by atoms with Crippen LogP contribution in [0.25, 0.3) is 0 Å². The molecular weight excluding hydrogens is 186 g/mol. The number of hydrogen-bond donors (Lipinski definition) is 0. The second kappa shape index (κ2) is 4.60. The molecule has 0 atom stereocenters. The number of aromatic nitrogens is 1. The monoisotopic (exact) mass is 198 g/mol. The number of aryl methyl sites for hydroxylation is 1. The number of hydrogen-bond acceptors (Lipinski definition) is 2. The zero-order chi connectivity index (χ0) is 10.5. The van der Waals surface area contributed by atoms with Gasteiger partial charge in [-0.2, -0.15) is 0 Å². The molecule has 0 saturated carbocycles. The Kier molecular flexibility index (Phi) is 2.98. The van der Waals surface area contributed by atoms with Gasteiger partial charge >= 0.3 is 0 Å². The van der Waals surface area contributed by atoms with Gasteiger partial charge in [-0.3, -0.25) is 4.98 Å². The van der Waals surface area contributed by atoms with E-state index in [4.69, 9.17) is 4.74 Å². The zero-order valence-corrected chi connectivity index (χ0v) is 8.60. The van der Waals surface area contributed by atoms with E-state index >= 15 is 0 Å². The van der Waals surface area contributed by atoms with Crippen molar-refractivity contribution in [2.24, 2.45) is 0 Å². The number of rotatable bonds is 3. The Morgan fingerprint density at radius 3 is 2.80 bits per heavy atom. The lowest BCUT2D eigenvalue weighted by Crippen LogP contribution is -1.98. The Hall–Kier alpha value is -1.83. The standard InChI is InChI=1S/C13H12NO/c1-11-12(6-5-9-14-11)10-15-13-7-3-2-4-8-13/h3-9H,10H2,1H3. The minimum absolute atomic E-state index is 0.559. The molecule has 1 radical (unpaired) electrons. The highest BCUT2D eigenvalue weighted by molar-refractivity contribution is 5.22. The van der Waals surface area contributed by atoms with Gasteiger partial charge in [0, 0.05) is 17.5 Å². The summed E-state index contributed by atoms with van der Waals surface area (Å²) in [6, 6.07) is 14.4. The topological polar surface area (TPSA) is 22.1 Å². The van der Waals surface area contributed by atoms with E-state index in [2.05, 4.69) is 11.1 Å². The van der Waals surface area contributed by atoms with E-state index in [1.807, 2.05) is 43.3 Å². The average Bonchev–Trinajstić information content (AvgIpc) is 2.29. The van der Waals surface area contributed by atoms with Gasteiger partial charge in [-0.25, -0.2) is 0 Å². The summed E-state index contributed by atoms with van der Waals surface area (Å²) in [6.45, 7) is 2.54. The van der Waals surface area contributed by atoms with Crippen LogP contribution in [0.15, 0.2) is 42.6 Å². The van der Waals surface area contributed by atoms with Crippen molar-refractivity contribution >= 4 is 0 Å². The van der Waals surface area contributed by atoms with E-state index in [1.54, 1.807) is 6.20 Å². The first kappa shape index (κ1) is 9.71. The molecule has 0 aliphatic carbocycles. The summed E-state index contributed by atoms with van der Waals surface area (Å²) in [5, 5.41) is 0. The van der Waals surface area contributed by atoms with Crippen molar-refractivity contribution in [3.63, 3.8) is 0 Å². The van der Waals surface area contributed by atoms with Gasteiger partial charge in [0.05, 0.1) is 0 Å². The maximum absolute atomic E-state index is 5.61. The summed E-state index contributed by atoms with van der Waals surface area (Å²) < 4.78 is 5.61. The first-order valence-electron chi connectivity index (χ1n) is 4.85.